The highest BCUT2D eigenvalue weighted by atomic mass is 32.2. The second-order valence-corrected chi connectivity index (χ2v) is 9.37. The number of anilines is 2. The van der Waals surface area contributed by atoms with Crippen LogP contribution in [0.3, 0.4) is 0 Å². The van der Waals surface area contributed by atoms with E-state index in [9.17, 15) is 14.9 Å². The van der Waals surface area contributed by atoms with Crippen LogP contribution in [-0.4, -0.2) is 24.2 Å². The van der Waals surface area contributed by atoms with Gasteiger partial charge in [-0.2, -0.15) is 5.26 Å². The molecule has 4 rings (SSSR count). The molecule has 1 atom stereocenters. The predicted molar refractivity (Wildman–Crippen MR) is 139 cm³/mol. The first-order valence-electron chi connectivity index (χ1n) is 11.1. The first-order chi connectivity index (χ1) is 16.9. The van der Waals surface area contributed by atoms with E-state index in [-0.39, 0.29) is 11.5 Å². The van der Waals surface area contributed by atoms with E-state index in [1.807, 2.05) is 74.5 Å². The molecule has 0 radical (unpaired) electrons. The Bertz CT molecular complexity index is 1310. The number of carbonyl (C=O) groups excluding carboxylic acids is 2. The Kier molecular flexibility index (Phi) is 7.23. The molecule has 0 saturated carbocycles. The lowest BCUT2D eigenvalue weighted by Gasteiger charge is -2.19. The summed E-state index contributed by atoms with van der Waals surface area (Å²) in [4.78, 5) is 28.3. The Hall–Kier alpha value is -4.02. The zero-order chi connectivity index (χ0) is 24.9. The number of thioether (sulfide) groups is 1. The van der Waals surface area contributed by atoms with Gasteiger partial charge in [0, 0.05) is 11.4 Å². The number of hydrogen-bond donors (Lipinski definition) is 1. The lowest BCUT2D eigenvalue weighted by atomic mass is 10.1. The van der Waals surface area contributed by atoms with Crippen LogP contribution in [0.25, 0.3) is 0 Å². The molecule has 0 bridgehead atoms. The maximum absolute atomic E-state index is 13.6. The van der Waals surface area contributed by atoms with Gasteiger partial charge in [-0.25, -0.2) is 0 Å². The van der Waals surface area contributed by atoms with Crippen LogP contribution in [0, 0.1) is 25.2 Å². The van der Waals surface area contributed by atoms with Crippen molar-refractivity contribution in [3.05, 3.63) is 100 Å². The second-order valence-electron chi connectivity index (χ2n) is 8.18. The SMILES string of the molecule is COc1ccc(C[C@H]2S/C(=C(/C#N)C(=O)Nc3c(C)cccc3C)N(c3ccccc3)C2=O)cc1. The topological polar surface area (TPSA) is 82.4 Å². The van der Waals surface area contributed by atoms with Gasteiger partial charge < -0.3 is 10.1 Å². The number of rotatable bonds is 6. The van der Waals surface area contributed by atoms with Crippen LogP contribution in [0.2, 0.25) is 0 Å². The van der Waals surface area contributed by atoms with Gasteiger partial charge in [0.1, 0.15) is 22.4 Å². The number of amides is 2. The number of ether oxygens (including phenoxy) is 1. The first-order valence-corrected chi connectivity index (χ1v) is 12.0. The number of para-hydroxylation sites is 2. The van der Waals surface area contributed by atoms with Gasteiger partial charge in [0.25, 0.3) is 5.91 Å². The Balaban J connectivity index is 1.71. The Morgan fingerprint density at radius 2 is 1.69 bits per heavy atom. The average Bonchev–Trinajstić information content (AvgIpc) is 3.18. The molecule has 1 fully saturated rings. The Morgan fingerprint density at radius 1 is 1.03 bits per heavy atom. The summed E-state index contributed by atoms with van der Waals surface area (Å²) >= 11 is 1.25. The van der Waals surface area contributed by atoms with Gasteiger partial charge in [0.05, 0.1) is 12.4 Å². The number of benzene rings is 3. The van der Waals surface area contributed by atoms with Gasteiger partial charge in [0.2, 0.25) is 5.91 Å². The summed E-state index contributed by atoms with van der Waals surface area (Å²) in [5, 5.41) is 12.8. The normalized spacial score (nSPS) is 16.6. The summed E-state index contributed by atoms with van der Waals surface area (Å²) in [6.45, 7) is 3.80. The van der Waals surface area contributed by atoms with E-state index in [2.05, 4.69) is 11.4 Å². The third-order valence-corrected chi connectivity index (χ3v) is 7.08. The van der Waals surface area contributed by atoms with Crippen LogP contribution in [0.4, 0.5) is 11.4 Å². The molecule has 1 heterocycles. The van der Waals surface area contributed by atoms with Crippen LogP contribution in [0.15, 0.2) is 83.4 Å². The largest absolute Gasteiger partial charge is 0.497 e. The Morgan fingerprint density at radius 3 is 2.29 bits per heavy atom. The van der Waals surface area contributed by atoms with Crippen molar-refractivity contribution in [1.82, 2.24) is 0 Å². The summed E-state index contributed by atoms with van der Waals surface area (Å²) < 4.78 is 5.22. The van der Waals surface area contributed by atoms with Crippen LogP contribution >= 0.6 is 11.8 Å². The van der Waals surface area contributed by atoms with Crippen molar-refractivity contribution in [1.29, 1.82) is 5.26 Å². The summed E-state index contributed by atoms with van der Waals surface area (Å²) in [6.07, 6.45) is 0.456. The van der Waals surface area contributed by atoms with Gasteiger partial charge in [-0.05, 0) is 61.2 Å². The fraction of sp³-hybridized carbons (Fsp3) is 0.179. The molecule has 2 amide bonds. The molecule has 1 N–H and O–H groups in total. The summed E-state index contributed by atoms with van der Waals surface area (Å²) in [7, 11) is 1.60. The standard InChI is InChI=1S/C28H25N3O3S/c1-18-8-7-9-19(2)25(18)30-26(32)23(17-29)28-31(21-10-5-4-6-11-21)27(33)24(35-28)16-20-12-14-22(34-3)15-13-20/h4-15,24H,16H2,1-3H3,(H,30,32)/b28-23-/t24-/m1/s1. The molecule has 3 aromatic rings. The van der Waals surface area contributed by atoms with Crippen molar-refractivity contribution < 1.29 is 14.3 Å². The molecule has 6 nitrogen and oxygen atoms in total. The number of hydrogen-bond acceptors (Lipinski definition) is 5. The summed E-state index contributed by atoms with van der Waals surface area (Å²) in [6, 6.07) is 24.4. The minimum atomic E-state index is -0.536. The van der Waals surface area contributed by atoms with E-state index >= 15 is 0 Å². The minimum absolute atomic E-state index is 0.0907. The summed E-state index contributed by atoms with van der Waals surface area (Å²) in [5.41, 5.74) is 3.95. The highest BCUT2D eigenvalue weighted by Gasteiger charge is 2.40. The van der Waals surface area contributed by atoms with E-state index in [4.69, 9.17) is 4.74 Å². The van der Waals surface area contributed by atoms with Crippen molar-refractivity contribution in [3.63, 3.8) is 0 Å². The van der Waals surface area contributed by atoms with Crippen molar-refractivity contribution >= 4 is 35.0 Å². The molecule has 3 aromatic carbocycles. The Labute approximate surface area is 209 Å². The van der Waals surface area contributed by atoms with Crippen molar-refractivity contribution in [2.45, 2.75) is 25.5 Å². The molecule has 176 valence electrons. The number of carbonyl (C=O) groups is 2. The van der Waals surface area contributed by atoms with Crippen LogP contribution in [0.5, 0.6) is 5.75 Å². The van der Waals surface area contributed by atoms with Crippen molar-refractivity contribution in [2.75, 3.05) is 17.3 Å². The zero-order valence-electron chi connectivity index (χ0n) is 19.7. The van der Waals surface area contributed by atoms with Gasteiger partial charge in [-0.3, -0.25) is 14.5 Å². The molecule has 0 aliphatic carbocycles. The predicted octanol–water partition coefficient (Wildman–Crippen LogP) is 5.38. The molecule has 7 heteroatoms. The van der Waals surface area contributed by atoms with Crippen molar-refractivity contribution in [3.8, 4) is 11.8 Å². The molecule has 0 unspecified atom stereocenters. The molecule has 0 spiro atoms. The van der Waals surface area contributed by atoms with Crippen LogP contribution in [-0.2, 0) is 16.0 Å². The van der Waals surface area contributed by atoms with Crippen LogP contribution in [0.1, 0.15) is 16.7 Å². The molecule has 35 heavy (non-hydrogen) atoms. The number of nitrogens with one attached hydrogen (secondary N) is 1. The lowest BCUT2D eigenvalue weighted by molar-refractivity contribution is -0.117. The molecule has 1 aliphatic rings. The molecule has 0 aromatic heterocycles. The smallest absolute Gasteiger partial charge is 0.269 e. The molecular formula is C28H25N3O3S. The zero-order valence-corrected chi connectivity index (χ0v) is 20.6. The number of methoxy groups -OCH3 is 1. The van der Waals surface area contributed by atoms with E-state index in [1.54, 1.807) is 19.2 Å². The summed E-state index contributed by atoms with van der Waals surface area (Å²) in [5.74, 6) is 0.0338. The highest BCUT2D eigenvalue weighted by Crippen LogP contribution is 2.42. The molecule has 1 saturated heterocycles. The molecule has 1 aliphatic heterocycles. The fourth-order valence-corrected chi connectivity index (χ4v) is 5.27. The highest BCUT2D eigenvalue weighted by molar-refractivity contribution is 8.05. The van der Waals surface area contributed by atoms with Gasteiger partial charge >= 0.3 is 0 Å². The van der Waals surface area contributed by atoms with E-state index in [0.29, 0.717) is 22.8 Å². The first kappa shape index (κ1) is 24.1. The average molecular weight is 484 g/mol. The maximum atomic E-state index is 13.6. The molecular weight excluding hydrogens is 458 g/mol. The fourth-order valence-electron chi connectivity index (χ4n) is 3.96. The third kappa shape index (κ3) is 5.08. The maximum Gasteiger partial charge on any atom is 0.269 e. The minimum Gasteiger partial charge on any atom is -0.497 e. The van der Waals surface area contributed by atoms with Gasteiger partial charge in [-0.1, -0.05) is 60.3 Å². The number of nitriles is 1. The number of nitrogens with zero attached hydrogens (tertiary/aromatic N) is 2. The monoisotopic (exact) mass is 483 g/mol. The van der Waals surface area contributed by atoms with Crippen molar-refractivity contribution in [2.24, 2.45) is 0 Å². The van der Waals surface area contributed by atoms with E-state index in [1.165, 1.54) is 16.7 Å². The third-order valence-electron chi connectivity index (χ3n) is 5.82. The second kappa shape index (κ2) is 10.5. The van der Waals surface area contributed by atoms with Gasteiger partial charge in [-0.15, -0.1) is 0 Å². The van der Waals surface area contributed by atoms with E-state index in [0.717, 1.165) is 22.4 Å². The van der Waals surface area contributed by atoms with Crippen LogP contribution < -0.4 is 15.0 Å². The van der Waals surface area contributed by atoms with E-state index < -0.39 is 11.2 Å². The lowest BCUT2D eigenvalue weighted by Crippen LogP contribution is -2.31. The number of aryl methyl sites for hydroxylation is 2. The quantitative estimate of drug-likeness (QED) is 0.376. The van der Waals surface area contributed by atoms with Gasteiger partial charge in [0.15, 0.2) is 0 Å².